The third-order valence-corrected chi connectivity index (χ3v) is 11.5. The maximum atomic E-state index is 6.61. The van der Waals surface area contributed by atoms with Crippen LogP contribution in [0, 0.1) is 0 Å². The van der Waals surface area contributed by atoms with Crippen LogP contribution in [0.3, 0.4) is 0 Å². The van der Waals surface area contributed by atoms with Crippen LogP contribution >= 0.6 is 0 Å². The van der Waals surface area contributed by atoms with Crippen molar-refractivity contribution >= 4 is 31.6 Å². The monoisotopic (exact) mass is 454 g/mol. The summed E-state index contributed by atoms with van der Waals surface area (Å²) >= 11 is 0. The molecule has 3 heterocycles. The Labute approximate surface area is 193 Å². The highest BCUT2D eigenvalue weighted by atomic mass is 28.4. The maximum absolute atomic E-state index is 6.61. The first-order chi connectivity index (χ1) is 15.0. The van der Waals surface area contributed by atoms with E-state index in [1.165, 1.54) is 11.3 Å². The summed E-state index contributed by atoms with van der Waals surface area (Å²) < 4.78 is 6.61. The molecule has 0 bridgehead atoms. The molecule has 0 amide bonds. The van der Waals surface area contributed by atoms with Gasteiger partial charge in [0.1, 0.15) is 17.4 Å². The zero-order valence-corrected chi connectivity index (χ0v) is 21.5. The second kappa shape index (κ2) is 8.55. The molecule has 174 valence electrons. The van der Waals surface area contributed by atoms with E-state index in [-0.39, 0.29) is 5.04 Å². The Bertz CT molecular complexity index is 965. The number of likely N-dealkylation sites (N-methyl/N-ethyl adjacent to an activating group) is 1. The molecule has 2 aliphatic rings. The molecule has 2 aliphatic heterocycles. The smallest absolute Gasteiger partial charge is 0.250 e. The minimum absolute atomic E-state index is 0.154. The molecule has 0 radical (unpaired) electrons. The molecule has 0 aliphatic carbocycles. The summed E-state index contributed by atoms with van der Waals surface area (Å²) in [6, 6.07) is 8.64. The zero-order chi connectivity index (χ0) is 23.1. The van der Waals surface area contributed by atoms with Crippen molar-refractivity contribution in [3.63, 3.8) is 0 Å². The Morgan fingerprint density at radius 3 is 2.34 bits per heavy atom. The average molecular weight is 455 g/mol. The highest BCUT2D eigenvalue weighted by Crippen LogP contribution is 2.40. The van der Waals surface area contributed by atoms with Gasteiger partial charge < -0.3 is 24.9 Å². The number of benzene rings is 1. The lowest BCUT2D eigenvalue weighted by molar-refractivity contribution is 0.312. The molecule has 0 saturated carbocycles. The van der Waals surface area contributed by atoms with Gasteiger partial charge in [-0.2, -0.15) is 9.97 Å². The van der Waals surface area contributed by atoms with E-state index in [1.807, 2.05) is 0 Å². The van der Waals surface area contributed by atoms with E-state index in [2.05, 4.69) is 89.8 Å². The van der Waals surface area contributed by atoms with Crippen LogP contribution in [0.1, 0.15) is 32.8 Å². The summed E-state index contributed by atoms with van der Waals surface area (Å²) in [5.41, 5.74) is 8.68. The maximum Gasteiger partial charge on any atom is 0.250 e. The van der Waals surface area contributed by atoms with Crippen LogP contribution in [0.15, 0.2) is 24.3 Å². The fourth-order valence-electron chi connectivity index (χ4n) is 4.08. The molecule has 2 N–H and O–H groups in total. The first-order valence-corrected chi connectivity index (χ1v) is 14.6. The van der Waals surface area contributed by atoms with Gasteiger partial charge in [0.05, 0.1) is 0 Å². The number of nitrogen functional groups attached to an aromatic ring is 1. The normalized spacial score (nSPS) is 17.9. The first kappa shape index (κ1) is 22.9. The average Bonchev–Trinajstić information content (AvgIpc) is 2.72. The minimum atomic E-state index is -1.91. The van der Waals surface area contributed by atoms with Gasteiger partial charge in [-0.1, -0.05) is 26.8 Å². The number of hydrogen-bond acceptors (Lipinski definition) is 7. The van der Waals surface area contributed by atoms with Gasteiger partial charge in [-0.05, 0) is 49.7 Å². The van der Waals surface area contributed by atoms with Crippen molar-refractivity contribution < 1.29 is 4.43 Å². The standard InChI is InChI=1S/C24H38N6OSi/c1-24(2,3)32(5,6)31-19-10-9-18-8-7-11-30(20(18)16-19)22-17-21(26-23(25)27-22)29-14-12-28(4)13-15-29/h9-10,16-17H,7-8,11-15H2,1-6H3,(H2,25,26,27). The van der Waals surface area contributed by atoms with Crippen molar-refractivity contribution in [2.24, 2.45) is 0 Å². The van der Waals surface area contributed by atoms with E-state index in [4.69, 9.17) is 10.2 Å². The van der Waals surface area contributed by atoms with E-state index < -0.39 is 8.32 Å². The quantitative estimate of drug-likeness (QED) is 0.692. The number of aromatic nitrogens is 2. The number of anilines is 4. The van der Waals surface area contributed by atoms with Crippen LogP contribution in [0.4, 0.5) is 23.3 Å². The van der Waals surface area contributed by atoms with Crippen molar-refractivity contribution in [2.45, 2.75) is 51.7 Å². The molecule has 1 saturated heterocycles. The Morgan fingerprint density at radius 1 is 0.969 bits per heavy atom. The molecule has 0 spiro atoms. The van der Waals surface area contributed by atoms with Crippen molar-refractivity contribution in [2.75, 3.05) is 55.3 Å². The van der Waals surface area contributed by atoms with Gasteiger partial charge >= 0.3 is 0 Å². The molecule has 0 unspecified atom stereocenters. The fourth-order valence-corrected chi connectivity index (χ4v) is 5.10. The third kappa shape index (κ3) is 4.71. The summed E-state index contributed by atoms with van der Waals surface area (Å²) in [7, 11) is 0.245. The van der Waals surface area contributed by atoms with Gasteiger partial charge in [0.25, 0.3) is 0 Å². The predicted molar refractivity (Wildman–Crippen MR) is 136 cm³/mol. The second-order valence-corrected chi connectivity index (χ2v) is 15.4. The largest absolute Gasteiger partial charge is 0.543 e. The Balaban J connectivity index is 1.65. The third-order valence-electron chi connectivity index (χ3n) is 7.17. The molecule has 8 heteroatoms. The van der Waals surface area contributed by atoms with E-state index >= 15 is 0 Å². The molecule has 4 rings (SSSR count). The minimum Gasteiger partial charge on any atom is -0.543 e. The molecule has 2 aromatic rings. The van der Waals surface area contributed by atoms with Crippen LogP contribution in [-0.2, 0) is 6.42 Å². The van der Waals surface area contributed by atoms with Crippen LogP contribution in [0.25, 0.3) is 0 Å². The van der Waals surface area contributed by atoms with Gasteiger partial charge in [0.2, 0.25) is 14.3 Å². The van der Waals surface area contributed by atoms with Gasteiger partial charge in [-0.15, -0.1) is 0 Å². The second-order valence-electron chi connectivity index (χ2n) is 10.6. The van der Waals surface area contributed by atoms with Crippen molar-refractivity contribution in [3.05, 3.63) is 29.8 Å². The molecule has 0 atom stereocenters. The van der Waals surface area contributed by atoms with Gasteiger partial charge in [0, 0.05) is 50.5 Å². The lowest BCUT2D eigenvalue weighted by Gasteiger charge is -2.37. The summed E-state index contributed by atoms with van der Waals surface area (Å²) in [6.07, 6.45) is 2.15. The number of nitrogens with two attached hydrogens (primary N) is 1. The lowest BCUT2D eigenvalue weighted by atomic mass is 10.0. The van der Waals surface area contributed by atoms with Crippen LogP contribution in [-0.4, -0.2) is 63.0 Å². The molecule has 7 nitrogen and oxygen atoms in total. The Kier molecular flexibility index (Phi) is 6.11. The fraction of sp³-hybridized carbons (Fsp3) is 0.583. The summed E-state index contributed by atoms with van der Waals surface area (Å²) in [5.74, 6) is 3.07. The van der Waals surface area contributed by atoms with E-state index in [1.54, 1.807) is 0 Å². The summed E-state index contributed by atoms with van der Waals surface area (Å²) in [6.45, 7) is 16.3. The van der Waals surface area contributed by atoms with Crippen molar-refractivity contribution in [1.29, 1.82) is 0 Å². The number of aryl methyl sites for hydroxylation is 1. The highest BCUT2D eigenvalue weighted by molar-refractivity contribution is 6.74. The van der Waals surface area contributed by atoms with Crippen molar-refractivity contribution in [3.8, 4) is 5.75 Å². The predicted octanol–water partition coefficient (Wildman–Crippen LogP) is 4.28. The van der Waals surface area contributed by atoms with Crippen molar-refractivity contribution in [1.82, 2.24) is 14.9 Å². The molecule has 1 aromatic heterocycles. The van der Waals surface area contributed by atoms with Gasteiger partial charge in [-0.25, -0.2) is 0 Å². The summed E-state index contributed by atoms with van der Waals surface area (Å²) in [4.78, 5) is 16.1. The Hall–Kier alpha value is -2.32. The van der Waals surface area contributed by atoms with Crippen LogP contribution < -0.4 is 20.0 Å². The molecular weight excluding hydrogens is 416 g/mol. The molecule has 1 fully saturated rings. The first-order valence-electron chi connectivity index (χ1n) is 11.7. The zero-order valence-electron chi connectivity index (χ0n) is 20.5. The van der Waals surface area contributed by atoms with Crippen LogP contribution in [0.5, 0.6) is 5.75 Å². The number of rotatable bonds is 4. The topological polar surface area (TPSA) is 70.8 Å². The Morgan fingerprint density at radius 2 is 1.66 bits per heavy atom. The van der Waals surface area contributed by atoms with Crippen LogP contribution in [0.2, 0.25) is 18.1 Å². The van der Waals surface area contributed by atoms with E-state index in [9.17, 15) is 0 Å². The highest BCUT2D eigenvalue weighted by Gasteiger charge is 2.39. The number of fused-ring (bicyclic) bond motifs is 1. The molecular formula is C24H38N6OSi. The van der Waals surface area contributed by atoms with Gasteiger partial charge in [0.15, 0.2) is 0 Å². The number of piperazine rings is 1. The van der Waals surface area contributed by atoms with E-state index in [0.717, 1.165) is 63.0 Å². The molecule has 1 aromatic carbocycles. The lowest BCUT2D eigenvalue weighted by Crippen LogP contribution is -2.45. The SMILES string of the molecule is CN1CCN(c2cc(N3CCCc4ccc(O[Si](C)(C)C(C)(C)C)cc43)nc(N)n2)CC1. The van der Waals surface area contributed by atoms with E-state index in [0.29, 0.717) is 5.95 Å². The summed E-state index contributed by atoms with van der Waals surface area (Å²) in [5, 5.41) is 0.154. The molecule has 32 heavy (non-hydrogen) atoms. The number of nitrogens with zero attached hydrogens (tertiary/aromatic N) is 5. The number of hydrogen-bond donors (Lipinski definition) is 1. The van der Waals surface area contributed by atoms with Gasteiger partial charge in [-0.3, -0.25) is 0 Å².